The zero-order valence-corrected chi connectivity index (χ0v) is 21.0. The van der Waals surface area contributed by atoms with Crippen molar-refractivity contribution in [2.45, 2.75) is 25.7 Å². The van der Waals surface area contributed by atoms with Gasteiger partial charge < -0.3 is 10.1 Å². The Labute approximate surface area is 216 Å². The van der Waals surface area contributed by atoms with Gasteiger partial charge in [0.1, 0.15) is 23.0 Å². The number of amides is 1. The Hall–Kier alpha value is -4.50. The summed E-state index contributed by atoms with van der Waals surface area (Å²) in [4.78, 5) is 34.7. The molecule has 1 aliphatic rings. The van der Waals surface area contributed by atoms with Crippen LogP contribution in [-0.2, 0) is 4.79 Å². The Bertz CT molecular complexity index is 1620. The standard InChI is InChI=1S/C28H23N5O3S/c1-16(2)19-15-25(34)31-28(29-19)33-24(14-20(32-33)23-12-7-13-37-23)30-27(35)26-17-8-3-5-10-21(17)36-22-11-6-4-9-18(22)26/h3-16,26H,1-2H3,(H,30,35)(H,29,31,34). The second kappa shape index (κ2) is 9.18. The van der Waals surface area contributed by atoms with Crippen LogP contribution in [0.1, 0.15) is 42.5 Å². The van der Waals surface area contributed by atoms with E-state index in [1.807, 2.05) is 79.9 Å². The Morgan fingerprint density at radius 2 is 1.73 bits per heavy atom. The summed E-state index contributed by atoms with van der Waals surface area (Å²) in [5.41, 5.74) is 2.56. The van der Waals surface area contributed by atoms with E-state index in [1.54, 1.807) is 6.07 Å². The first-order valence-corrected chi connectivity index (χ1v) is 12.8. The third-order valence-electron chi connectivity index (χ3n) is 6.22. The Balaban J connectivity index is 1.45. The third-order valence-corrected chi connectivity index (χ3v) is 7.11. The minimum absolute atomic E-state index is 0.0432. The number of aromatic amines is 1. The number of anilines is 1. The minimum Gasteiger partial charge on any atom is -0.457 e. The molecule has 3 aromatic heterocycles. The van der Waals surface area contributed by atoms with Crippen molar-refractivity contribution >= 4 is 23.1 Å². The van der Waals surface area contributed by atoms with Crippen molar-refractivity contribution in [2.75, 3.05) is 5.32 Å². The predicted molar refractivity (Wildman–Crippen MR) is 143 cm³/mol. The molecule has 0 bridgehead atoms. The van der Waals surface area contributed by atoms with E-state index in [9.17, 15) is 9.59 Å². The molecule has 8 nitrogen and oxygen atoms in total. The number of hydrogen-bond donors (Lipinski definition) is 2. The summed E-state index contributed by atoms with van der Waals surface area (Å²) in [5, 5.41) is 9.73. The summed E-state index contributed by atoms with van der Waals surface area (Å²) in [6.07, 6.45) is 0. The molecule has 0 spiro atoms. The number of H-pyrrole nitrogens is 1. The minimum atomic E-state index is -0.594. The number of thiophene rings is 1. The second-order valence-electron chi connectivity index (χ2n) is 9.05. The van der Waals surface area contributed by atoms with Gasteiger partial charge in [0.25, 0.3) is 5.56 Å². The maximum Gasteiger partial charge on any atom is 0.252 e. The molecule has 0 fully saturated rings. The van der Waals surface area contributed by atoms with E-state index in [0.717, 1.165) is 16.0 Å². The molecule has 0 radical (unpaired) electrons. The van der Waals surface area contributed by atoms with Crippen molar-refractivity contribution in [1.29, 1.82) is 0 Å². The van der Waals surface area contributed by atoms with Crippen LogP contribution in [0.3, 0.4) is 0 Å². The number of para-hydroxylation sites is 2. The molecule has 0 saturated heterocycles. The summed E-state index contributed by atoms with van der Waals surface area (Å²) in [7, 11) is 0. The first kappa shape index (κ1) is 22.9. The van der Waals surface area contributed by atoms with E-state index in [1.165, 1.54) is 22.1 Å². The van der Waals surface area contributed by atoms with E-state index in [0.29, 0.717) is 28.7 Å². The number of hydrogen-bond acceptors (Lipinski definition) is 6. The Morgan fingerprint density at radius 1 is 1.03 bits per heavy atom. The van der Waals surface area contributed by atoms with E-state index in [-0.39, 0.29) is 23.3 Å². The fourth-order valence-electron chi connectivity index (χ4n) is 4.43. The number of nitrogens with one attached hydrogen (secondary N) is 2. The normalized spacial score (nSPS) is 12.6. The van der Waals surface area contributed by atoms with Crippen LogP contribution in [0.15, 0.2) is 83.0 Å². The van der Waals surface area contributed by atoms with Crippen LogP contribution in [0.4, 0.5) is 5.82 Å². The molecule has 1 aliphatic heterocycles. The summed E-state index contributed by atoms with van der Waals surface area (Å²) in [6, 6.07) is 22.2. The van der Waals surface area contributed by atoms with Gasteiger partial charge in [-0.25, -0.2) is 4.98 Å². The summed E-state index contributed by atoms with van der Waals surface area (Å²) in [6.45, 7) is 3.93. The average molecular weight is 510 g/mol. The monoisotopic (exact) mass is 509 g/mol. The van der Waals surface area contributed by atoms with Crippen molar-refractivity contribution in [3.63, 3.8) is 0 Å². The van der Waals surface area contributed by atoms with Gasteiger partial charge in [-0.1, -0.05) is 56.3 Å². The molecule has 5 aromatic rings. The van der Waals surface area contributed by atoms with E-state index < -0.39 is 5.92 Å². The SMILES string of the molecule is CC(C)c1cc(=O)[nH]c(-n2nc(-c3cccs3)cc2NC(=O)C2c3ccccc3Oc3ccccc32)n1. The van der Waals surface area contributed by atoms with Crippen LogP contribution < -0.4 is 15.6 Å². The highest BCUT2D eigenvalue weighted by atomic mass is 32.1. The van der Waals surface area contributed by atoms with E-state index in [4.69, 9.17) is 9.84 Å². The lowest BCUT2D eigenvalue weighted by Crippen LogP contribution is -2.26. The Kier molecular flexibility index (Phi) is 5.69. The molecule has 9 heteroatoms. The molecule has 0 saturated carbocycles. The Morgan fingerprint density at radius 3 is 2.38 bits per heavy atom. The number of benzene rings is 2. The number of nitrogens with zero attached hydrogens (tertiary/aromatic N) is 3. The van der Waals surface area contributed by atoms with Crippen molar-refractivity contribution in [3.8, 4) is 28.0 Å². The van der Waals surface area contributed by atoms with Gasteiger partial charge in [-0.2, -0.15) is 9.78 Å². The quantitative estimate of drug-likeness (QED) is 0.317. The summed E-state index contributed by atoms with van der Waals surface area (Å²) < 4.78 is 7.54. The van der Waals surface area contributed by atoms with Gasteiger partial charge in [-0.05, 0) is 29.5 Å². The largest absolute Gasteiger partial charge is 0.457 e. The first-order chi connectivity index (χ1) is 18.0. The highest BCUT2D eigenvalue weighted by molar-refractivity contribution is 7.13. The molecule has 4 heterocycles. The highest BCUT2D eigenvalue weighted by Crippen LogP contribution is 2.44. The van der Waals surface area contributed by atoms with Crippen LogP contribution in [0.2, 0.25) is 0 Å². The molecule has 184 valence electrons. The third kappa shape index (κ3) is 4.23. The topological polar surface area (TPSA) is 102 Å². The van der Waals surface area contributed by atoms with Gasteiger partial charge in [0.05, 0.1) is 16.5 Å². The second-order valence-corrected chi connectivity index (χ2v) is 10.0. The zero-order valence-electron chi connectivity index (χ0n) is 20.1. The molecule has 0 atom stereocenters. The first-order valence-electron chi connectivity index (χ1n) is 11.9. The summed E-state index contributed by atoms with van der Waals surface area (Å²) >= 11 is 1.54. The van der Waals surface area contributed by atoms with Gasteiger partial charge in [0, 0.05) is 23.3 Å². The van der Waals surface area contributed by atoms with Crippen molar-refractivity contribution in [2.24, 2.45) is 0 Å². The van der Waals surface area contributed by atoms with E-state index >= 15 is 0 Å². The van der Waals surface area contributed by atoms with Crippen LogP contribution >= 0.6 is 11.3 Å². The van der Waals surface area contributed by atoms with Crippen molar-refractivity contribution in [3.05, 3.63) is 105 Å². The lowest BCUT2D eigenvalue weighted by molar-refractivity contribution is -0.116. The summed E-state index contributed by atoms with van der Waals surface area (Å²) in [5.74, 6) is 1.13. The average Bonchev–Trinajstić information content (AvgIpc) is 3.57. The number of ether oxygens (including phenoxy) is 1. The maximum atomic E-state index is 13.9. The molecule has 0 aliphatic carbocycles. The molecule has 6 rings (SSSR count). The zero-order chi connectivity index (χ0) is 25.5. The lowest BCUT2D eigenvalue weighted by Gasteiger charge is -2.27. The maximum absolute atomic E-state index is 13.9. The van der Waals surface area contributed by atoms with Gasteiger partial charge >= 0.3 is 0 Å². The molecule has 1 amide bonds. The van der Waals surface area contributed by atoms with Crippen molar-refractivity contribution in [1.82, 2.24) is 19.7 Å². The number of rotatable bonds is 5. The molecule has 37 heavy (non-hydrogen) atoms. The fraction of sp³-hybridized carbons (Fsp3) is 0.143. The number of fused-ring (bicyclic) bond motifs is 2. The molecule has 2 aromatic carbocycles. The fourth-order valence-corrected chi connectivity index (χ4v) is 5.11. The van der Waals surface area contributed by atoms with Crippen LogP contribution in [0.5, 0.6) is 11.5 Å². The molecule has 0 unspecified atom stereocenters. The van der Waals surface area contributed by atoms with Gasteiger partial charge in [-0.3, -0.25) is 14.6 Å². The van der Waals surface area contributed by atoms with Crippen LogP contribution in [-0.4, -0.2) is 25.7 Å². The van der Waals surface area contributed by atoms with E-state index in [2.05, 4.69) is 15.3 Å². The highest BCUT2D eigenvalue weighted by Gasteiger charge is 2.33. The van der Waals surface area contributed by atoms with Crippen molar-refractivity contribution < 1.29 is 9.53 Å². The molecule has 2 N–H and O–H groups in total. The molecular formula is C28H23N5O3S. The predicted octanol–water partition coefficient (Wildman–Crippen LogP) is 5.68. The number of carbonyl (C=O) groups is 1. The number of carbonyl (C=O) groups excluding carboxylic acids is 1. The number of aromatic nitrogens is 4. The van der Waals surface area contributed by atoms with Gasteiger partial charge in [0.15, 0.2) is 0 Å². The molecular weight excluding hydrogens is 486 g/mol. The van der Waals surface area contributed by atoms with Gasteiger partial charge in [0.2, 0.25) is 11.9 Å². The van der Waals surface area contributed by atoms with Gasteiger partial charge in [-0.15, -0.1) is 11.3 Å². The lowest BCUT2D eigenvalue weighted by atomic mass is 9.87. The smallest absolute Gasteiger partial charge is 0.252 e. The van der Waals surface area contributed by atoms with Crippen LogP contribution in [0.25, 0.3) is 16.5 Å². The van der Waals surface area contributed by atoms with Crippen LogP contribution in [0, 0.1) is 0 Å².